The Kier molecular flexibility index (Phi) is 3.91. The van der Waals surface area contributed by atoms with Gasteiger partial charge in [-0.25, -0.2) is 16.8 Å². The van der Waals surface area contributed by atoms with Gasteiger partial charge in [0.2, 0.25) is 10.0 Å². The second-order valence-electron chi connectivity index (χ2n) is 5.56. The standard InChI is InChI=1S/C14H16N2O5S2/c1-16(11-8-22(18,19)9-12(11)17)23(20,21)13-6-2-4-10-5-3-7-15-14(10)13/h2-7,11-12,17H,8-9H2,1H3/t11-,12+/m0/s1. The number of aliphatic hydroxyl groups excluding tert-OH is 1. The molecule has 1 N–H and O–H groups in total. The van der Waals surface area contributed by atoms with Gasteiger partial charge in [-0.05, 0) is 12.1 Å². The molecule has 124 valence electrons. The van der Waals surface area contributed by atoms with Gasteiger partial charge < -0.3 is 5.11 Å². The number of sulfone groups is 1. The second-order valence-corrected chi connectivity index (χ2v) is 9.68. The van der Waals surface area contributed by atoms with Crippen LogP contribution in [0.3, 0.4) is 0 Å². The number of fused-ring (bicyclic) bond motifs is 1. The third-order valence-corrected chi connectivity index (χ3v) is 7.63. The van der Waals surface area contributed by atoms with Gasteiger partial charge >= 0.3 is 0 Å². The van der Waals surface area contributed by atoms with Crippen molar-refractivity contribution in [3.8, 4) is 0 Å². The third kappa shape index (κ3) is 2.85. The van der Waals surface area contributed by atoms with Crippen molar-refractivity contribution in [2.45, 2.75) is 17.0 Å². The molecule has 1 aromatic heterocycles. The van der Waals surface area contributed by atoms with Crippen molar-refractivity contribution < 1.29 is 21.9 Å². The van der Waals surface area contributed by atoms with E-state index in [9.17, 15) is 21.9 Å². The Hall–Kier alpha value is -1.55. The van der Waals surface area contributed by atoms with Crippen LogP contribution in [0.2, 0.25) is 0 Å². The minimum atomic E-state index is -3.99. The van der Waals surface area contributed by atoms with E-state index < -0.39 is 37.8 Å². The molecular weight excluding hydrogens is 340 g/mol. The first-order valence-corrected chi connectivity index (χ1v) is 10.2. The average Bonchev–Trinajstić information content (AvgIpc) is 2.78. The molecule has 0 bridgehead atoms. The number of benzene rings is 1. The van der Waals surface area contributed by atoms with Crippen LogP contribution in [-0.2, 0) is 19.9 Å². The van der Waals surface area contributed by atoms with Gasteiger partial charge in [-0.1, -0.05) is 18.2 Å². The molecule has 0 saturated carbocycles. The van der Waals surface area contributed by atoms with Crippen LogP contribution < -0.4 is 0 Å². The first kappa shape index (κ1) is 16.3. The number of pyridine rings is 1. The van der Waals surface area contributed by atoms with Crippen molar-refractivity contribution >= 4 is 30.8 Å². The van der Waals surface area contributed by atoms with Crippen LogP contribution in [0.1, 0.15) is 0 Å². The summed E-state index contributed by atoms with van der Waals surface area (Å²) in [5, 5.41) is 10.6. The number of rotatable bonds is 3. The monoisotopic (exact) mass is 356 g/mol. The first-order valence-electron chi connectivity index (χ1n) is 6.93. The largest absolute Gasteiger partial charge is 0.390 e. The van der Waals surface area contributed by atoms with Gasteiger partial charge in [-0.15, -0.1) is 0 Å². The maximum Gasteiger partial charge on any atom is 0.245 e. The van der Waals surface area contributed by atoms with Gasteiger partial charge in [0.05, 0.1) is 29.2 Å². The smallest absolute Gasteiger partial charge is 0.245 e. The van der Waals surface area contributed by atoms with Gasteiger partial charge in [0, 0.05) is 18.6 Å². The lowest BCUT2D eigenvalue weighted by Gasteiger charge is -2.25. The Bertz CT molecular complexity index is 951. The number of likely N-dealkylation sites (N-methyl/N-ethyl adjacent to an activating group) is 1. The molecule has 1 aromatic carbocycles. The normalized spacial score (nSPS) is 24.3. The molecular formula is C14H16N2O5S2. The highest BCUT2D eigenvalue weighted by Crippen LogP contribution is 2.27. The van der Waals surface area contributed by atoms with E-state index in [2.05, 4.69) is 4.98 Å². The number of para-hydroxylation sites is 1. The summed E-state index contributed by atoms with van der Waals surface area (Å²) >= 11 is 0. The molecule has 1 saturated heterocycles. The van der Waals surface area contributed by atoms with Crippen LogP contribution in [0.5, 0.6) is 0 Å². The van der Waals surface area contributed by atoms with E-state index in [1.165, 1.54) is 19.3 Å². The fraction of sp³-hybridized carbons (Fsp3) is 0.357. The molecule has 0 spiro atoms. The number of hydrogen-bond acceptors (Lipinski definition) is 6. The molecule has 2 aromatic rings. The molecule has 0 unspecified atom stereocenters. The molecule has 1 aliphatic rings. The number of hydrogen-bond donors (Lipinski definition) is 1. The maximum atomic E-state index is 12.9. The summed E-state index contributed by atoms with van der Waals surface area (Å²) in [5.41, 5.74) is 0.317. The number of nitrogens with zero attached hydrogens (tertiary/aromatic N) is 2. The van der Waals surface area contributed by atoms with Gasteiger partial charge in [-0.3, -0.25) is 4.98 Å². The van der Waals surface area contributed by atoms with E-state index in [1.54, 1.807) is 24.3 Å². The van der Waals surface area contributed by atoms with E-state index in [4.69, 9.17) is 0 Å². The zero-order valence-corrected chi connectivity index (χ0v) is 14.0. The molecule has 9 heteroatoms. The molecule has 1 fully saturated rings. The van der Waals surface area contributed by atoms with Crippen LogP contribution in [-0.4, -0.2) is 61.9 Å². The lowest BCUT2D eigenvalue weighted by Crippen LogP contribution is -2.44. The highest BCUT2D eigenvalue weighted by atomic mass is 32.2. The van der Waals surface area contributed by atoms with E-state index in [-0.39, 0.29) is 10.6 Å². The third-order valence-electron chi connectivity index (χ3n) is 4.01. The first-order chi connectivity index (χ1) is 10.7. The van der Waals surface area contributed by atoms with Crippen LogP contribution in [0, 0.1) is 0 Å². The highest BCUT2D eigenvalue weighted by Gasteiger charge is 2.43. The molecule has 2 atom stereocenters. The topological polar surface area (TPSA) is 105 Å². The summed E-state index contributed by atoms with van der Waals surface area (Å²) in [4.78, 5) is 4.11. The fourth-order valence-electron chi connectivity index (χ4n) is 2.78. The van der Waals surface area contributed by atoms with Gasteiger partial charge in [0.15, 0.2) is 9.84 Å². The van der Waals surface area contributed by atoms with Crippen molar-refractivity contribution in [1.82, 2.24) is 9.29 Å². The van der Waals surface area contributed by atoms with Crippen LogP contribution in [0.4, 0.5) is 0 Å². The Morgan fingerprint density at radius 3 is 2.57 bits per heavy atom. The Labute approximate surface area is 134 Å². The average molecular weight is 356 g/mol. The second kappa shape index (κ2) is 5.52. The molecule has 23 heavy (non-hydrogen) atoms. The van der Waals surface area contributed by atoms with Crippen LogP contribution in [0.25, 0.3) is 10.9 Å². The lowest BCUT2D eigenvalue weighted by molar-refractivity contribution is 0.137. The van der Waals surface area contributed by atoms with E-state index in [0.717, 1.165) is 4.31 Å². The summed E-state index contributed by atoms with van der Waals surface area (Å²) in [7, 11) is -6.15. The Morgan fingerprint density at radius 1 is 1.22 bits per heavy atom. The van der Waals surface area contributed by atoms with E-state index >= 15 is 0 Å². The van der Waals surface area contributed by atoms with Crippen molar-refractivity contribution in [3.63, 3.8) is 0 Å². The summed E-state index contributed by atoms with van der Waals surface area (Å²) in [6, 6.07) is 7.23. The molecule has 7 nitrogen and oxygen atoms in total. The van der Waals surface area contributed by atoms with E-state index in [0.29, 0.717) is 10.9 Å². The lowest BCUT2D eigenvalue weighted by atomic mass is 10.2. The number of aromatic nitrogens is 1. The number of aliphatic hydroxyl groups is 1. The molecule has 1 aliphatic heterocycles. The highest BCUT2D eigenvalue weighted by molar-refractivity contribution is 7.92. The quantitative estimate of drug-likeness (QED) is 0.831. The fourth-order valence-corrected chi connectivity index (χ4v) is 6.26. The zero-order chi connectivity index (χ0) is 16.8. The minimum Gasteiger partial charge on any atom is -0.390 e. The molecule has 0 amide bonds. The zero-order valence-electron chi connectivity index (χ0n) is 12.3. The van der Waals surface area contributed by atoms with Crippen molar-refractivity contribution in [3.05, 3.63) is 36.5 Å². The SMILES string of the molecule is CN([C@H]1CS(=O)(=O)C[C@H]1O)S(=O)(=O)c1cccc2cccnc12. The van der Waals surface area contributed by atoms with Crippen molar-refractivity contribution in [1.29, 1.82) is 0 Å². The Balaban J connectivity index is 2.07. The molecule has 2 heterocycles. The predicted molar refractivity (Wildman–Crippen MR) is 85.1 cm³/mol. The Morgan fingerprint density at radius 2 is 1.91 bits per heavy atom. The summed E-state index contributed by atoms with van der Waals surface area (Å²) < 4.78 is 50.0. The molecule has 0 radical (unpaired) electrons. The predicted octanol–water partition coefficient (Wildman–Crippen LogP) is 0.0132. The summed E-state index contributed by atoms with van der Waals surface area (Å²) in [6.07, 6.45) is 0.263. The van der Waals surface area contributed by atoms with Gasteiger partial charge in [0.1, 0.15) is 4.90 Å². The summed E-state index contributed by atoms with van der Waals surface area (Å²) in [5.74, 6) is -0.812. The van der Waals surface area contributed by atoms with E-state index in [1.807, 2.05) is 0 Å². The maximum absolute atomic E-state index is 12.9. The molecule has 3 rings (SSSR count). The molecule has 0 aliphatic carbocycles. The van der Waals surface area contributed by atoms with Crippen LogP contribution >= 0.6 is 0 Å². The summed E-state index contributed by atoms with van der Waals surface area (Å²) in [6.45, 7) is 0. The van der Waals surface area contributed by atoms with Crippen molar-refractivity contribution in [2.24, 2.45) is 0 Å². The van der Waals surface area contributed by atoms with Crippen LogP contribution in [0.15, 0.2) is 41.4 Å². The van der Waals surface area contributed by atoms with Gasteiger partial charge in [-0.2, -0.15) is 4.31 Å². The number of sulfonamides is 1. The van der Waals surface area contributed by atoms with Gasteiger partial charge in [0.25, 0.3) is 0 Å². The minimum absolute atomic E-state index is 0.00500. The van der Waals surface area contributed by atoms with Crippen molar-refractivity contribution in [2.75, 3.05) is 18.6 Å².